The molecule has 0 spiro atoms. The van der Waals surface area contributed by atoms with Crippen LogP contribution in [-0.2, 0) is 13.9 Å². The number of carboxylic acid groups (broad SMARTS) is 1. The van der Waals surface area contributed by atoms with Crippen LogP contribution < -0.4 is 15.7 Å². The fourth-order valence-corrected chi connectivity index (χ4v) is 5.51. The average molecular weight is 434 g/mol. The van der Waals surface area contributed by atoms with Crippen molar-refractivity contribution in [1.29, 1.82) is 0 Å². The largest absolute Gasteiger partial charge is 0.543 e. The minimum absolute atomic E-state index is 0.0649. The molecule has 0 saturated heterocycles. The number of carbonyl (C=O) groups excluding carboxylic acids is 2. The lowest BCUT2D eigenvalue weighted by molar-refractivity contribution is -0.299. The first-order valence-corrected chi connectivity index (χ1v) is 11.3. The van der Waals surface area contributed by atoms with Crippen LogP contribution in [0.3, 0.4) is 0 Å². The van der Waals surface area contributed by atoms with Crippen molar-refractivity contribution in [1.82, 2.24) is 5.32 Å². The molecule has 3 rings (SSSR count). The Morgan fingerprint density at radius 1 is 0.839 bits per heavy atom. The quantitative estimate of drug-likeness (QED) is 0.434. The van der Waals surface area contributed by atoms with Gasteiger partial charge in [-0.25, -0.2) is 0 Å². The molecule has 0 aliphatic carbocycles. The fraction of sp³-hybridized carbons (Fsp3) is 0.0833. The van der Waals surface area contributed by atoms with Gasteiger partial charge in [0.05, 0.1) is 23.6 Å². The number of nitrogens with one attached hydrogen (secondary N) is 1. The minimum Gasteiger partial charge on any atom is -0.543 e. The van der Waals surface area contributed by atoms with Crippen LogP contribution in [0.4, 0.5) is 0 Å². The standard InChI is InChI=1S/C24H22NO5P/c1-2-30-31(29,20-16-10-5-11-17-20)22(18-12-6-3-7-13-18)21(24(27)28)25-23(26)19-14-8-4-9-15-19/h3-17H,2H2,1H3,(H,25,26)(H,27,28)/p-1/b22-21-/t31-/m0/s1. The minimum atomic E-state index is -3.92. The van der Waals surface area contributed by atoms with Gasteiger partial charge >= 0.3 is 0 Å². The zero-order chi connectivity index (χ0) is 22.3. The number of hydrogen-bond acceptors (Lipinski definition) is 5. The summed E-state index contributed by atoms with van der Waals surface area (Å²) in [6, 6.07) is 24.8. The van der Waals surface area contributed by atoms with Crippen LogP contribution in [0.25, 0.3) is 5.31 Å². The van der Waals surface area contributed by atoms with Crippen molar-refractivity contribution < 1.29 is 23.8 Å². The van der Waals surface area contributed by atoms with E-state index >= 15 is 0 Å². The van der Waals surface area contributed by atoms with E-state index in [2.05, 4.69) is 5.32 Å². The van der Waals surface area contributed by atoms with Crippen molar-refractivity contribution in [3.05, 3.63) is 108 Å². The Balaban J connectivity index is 2.27. The van der Waals surface area contributed by atoms with E-state index in [9.17, 15) is 19.3 Å². The number of carbonyl (C=O) groups is 2. The lowest BCUT2D eigenvalue weighted by Crippen LogP contribution is -2.37. The van der Waals surface area contributed by atoms with Crippen LogP contribution in [0, 0.1) is 0 Å². The monoisotopic (exact) mass is 434 g/mol. The predicted molar refractivity (Wildman–Crippen MR) is 118 cm³/mol. The van der Waals surface area contributed by atoms with Crippen LogP contribution in [0.1, 0.15) is 22.8 Å². The molecule has 3 aromatic rings. The van der Waals surface area contributed by atoms with E-state index in [4.69, 9.17) is 4.52 Å². The predicted octanol–water partition coefficient (Wildman–Crippen LogP) is 3.18. The van der Waals surface area contributed by atoms with Gasteiger partial charge in [-0.05, 0) is 36.8 Å². The summed E-state index contributed by atoms with van der Waals surface area (Å²) >= 11 is 0. The van der Waals surface area contributed by atoms with Gasteiger partial charge in [0, 0.05) is 10.9 Å². The second kappa shape index (κ2) is 10.0. The molecule has 0 fully saturated rings. The maximum atomic E-state index is 14.3. The van der Waals surface area contributed by atoms with Crippen LogP contribution in [-0.4, -0.2) is 18.5 Å². The molecule has 0 bridgehead atoms. The first-order valence-electron chi connectivity index (χ1n) is 9.65. The van der Waals surface area contributed by atoms with Crippen LogP contribution in [0.2, 0.25) is 0 Å². The average Bonchev–Trinajstić information content (AvgIpc) is 2.80. The first-order chi connectivity index (χ1) is 15.0. The molecule has 0 heterocycles. The molecule has 7 heteroatoms. The van der Waals surface area contributed by atoms with Gasteiger partial charge in [-0.15, -0.1) is 0 Å². The van der Waals surface area contributed by atoms with E-state index in [0.717, 1.165) is 0 Å². The third kappa shape index (κ3) is 5.00. The fourth-order valence-electron chi connectivity index (χ4n) is 3.11. The Morgan fingerprint density at radius 3 is 1.81 bits per heavy atom. The molecule has 0 aliphatic heterocycles. The molecule has 1 atom stereocenters. The lowest BCUT2D eigenvalue weighted by atomic mass is 10.1. The molecule has 3 aromatic carbocycles. The van der Waals surface area contributed by atoms with Crippen molar-refractivity contribution >= 4 is 29.9 Å². The van der Waals surface area contributed by atoms with E-state index < -0.39 is 24.9 Å². The van der Waals surface area contributed by atoms with Gasteiger partial charge in [-0.1, -0.05) is 66.7 Å². The zero-order valence-electron chi connectivity index (χ0n) is 16.9. The van der Waals surface area contributed by atoms with Gasteiger partial charge in [0.1, 0.15) is 0 Å². The molecule has 0 radical (unpaired) electrons. The van der Waals surface area contributed by atoms with E-state index in [-0.39, 0.29) is 17.5 Å². The third-order valence-electron chi connectivity index (χ3n) is 4.46. The highest BCUT2D eigenvalue weighted by molar-refractivity contribution is 7.77. The van der Waals surface area contributed by atoms with Crippen molar-refractivity contribution in [3.63, 3.8) is 0 Å². The topological polar surface area (TPSA) is 95.5 Å². The zero-order valence-corrected chi connectivity index (χ0v) is 17.8. The highest BCUT2D eigenvalue weighted by Crippen LogP contribution is 2.59. The third-order valence-corrected chi connectivity index (χ3v) is 7.13. The van der Waals surface area contributed by atoms with Gasteiger partial charge in [0.2, 0.25) is 0 Å². The molecule has 0 aliphatic rings. The summed E-state index contributed by atoms with van der Waals surface area (Å²) in [6.07, 6.45) is 0. The number of benzene rings is 3. The Bertz CT molecular complexity index is 1130. The van der Waals surface area contributed by atoms with Crippen LogP contribution in [0.5, 0.6) is 0 Å². The van der Waals surface area contributed by atoms with Gasteiger partial charge in [-0.3, -0.25) is 9.36 Å². The molecule has 1 amide bonds. The summed E-state index contributed by atoms with van der Waals surface area (Å²) in [6.45, 7) is 1.73. The van der Waals surface area contributed by atoms with E-state index in [1.165, 1.54) is 0 Å². The summed E-state index contributed by atoms with van der Waals surface area (Å²) in [5.74, 6) is -2.33. The number of carboxylic acids is 1. The van der Waals surface area contributed by atoms with E-state index in [1.807, 2.05) is 0 Å². The van der Waals surface area contributed by atoms with Crippen molar-refractivity contribution in [2.24, 2.45) is 0 Å². The van der Waals surface area contributed by atoms with Crippen LogP contribution >= 0.6 is 7.37 Å². The van der Waals surface area contributed by atoms with E-state index in [1.54, 1.807) is 97.9 Å². The maximum absolute atomic E-state index is 14.3. The summed E-state index contributed by atoms with van der Waals surface area (Å²) in [5.41, 5.74) is -0.00370. The summed E-state index contributed by atoms with van der Waals surface area (Å²) in [5, 5.41) is 14.8. The number of amides is 1. The molecule has 0 unspecified atom stereocenters. The Labute approximate surface area is 180 Å². The van der Waals surface area contributed by atoms with Crippen LogP contribution in [0.15, 0.2) is 96.7 Å². The molecule has 1 N–H and O–H groups in total. The summed E-state index contributed by atoms with van der Waals surface area (Å²) in [7, 11) is -3.92. The normalized spacial score (nSPS) is 13.6. The number of rotatable bonds is 8. The smallest absolute Gasteiger partial charge is 0.264 e. The highest BCUT2D eigenvalue weighted by Gasteiger charge is 2.35. The second-order valence-corrected chi connectivity index (χ2v) is 8.83. The highest BCUT2D eigenvalue weighted by atomic mass is 31.2. The molecule has 0 saturated carbocycles. The van der Waals surface area contributed by atoms with Gasteiger partial charge in [0.25, 0.3) is 13.3 Å². The summed E-state index contributed by atoms with van der Waals surface area (Å²) < 4.78 is 20.0. The molecule has 6 nitrogen and oxygen atoms in total. The first kappa shape index (κ1) is 22.2. The Morgan fingerprint density at radius 2 is 1.32 bits per heavy atom. The van der Waals surface area contributed by atoms with Gasteiger partial charge in [-0.2, -0.15) is 0 Å². The second-order valence-electron chi connectivity index (χ2n) is 6.50. The number of hydrogen-bond donors (Lipinski definition) is 1. The molecular formula is C24H21NO5P-. The van der Waals surface area contributed by atoms with Crippen molar-refractivity contribution in [2.45, 2.75) is 6.92 Å². The SMILES string of the molecule is CCO[P@](=O)(/C(=C(\NC(=O)c1ccccc1)C(=O)[O-])c1ccccc1)c1ccccc1. The number of aliphatic carboxylic acids is 1. The van der Waals surface area contributed by atoms with Gasteiger partial charge in [0.15, 0.2) is 0 Å². The Hall–Kier alpha value is -3.47. The Kier molecular flexibility index (Phi) is 7.19. The van der Waals surface area contributed by atoms with Crippen molar-refractivity contribution in [2.75, 3.05) is 6.61 Å². The van der Waals surface area contributed by atoms with Gasteiger partial charge < -0.3 is 19.7 Å². The molecule has 158 valence electrons. The van der Waals surface area contributed by atoms with E-state index in [0.29, 0.717) is 10.9 Å². The summed E-state index contributed by atoms with van der Waals surface area (Å²) in [4.78, 5) is 25.0. The molecular weight excluding hydrogens is 413 g/mol. The lowest BCUT2D eigenvalue weighted by Gasteiger charge is -2.25. The maximum Gasteiger partial charge on any atom is 0.264 e. The molecule has 0 aromatic heterocycles. The van der Waals surface area contributed by atoms with Crippen molar-refractivity contribution in [3.8, 4) is 0 Å². The molecule has 31 heavy (non-hydrogen) atoms.